The lowest BCUT2D eigenvalue weighted by molar-refractivity contribution is -0.130. The molecule has 0 radical (unpaired) electrons. The molecule has 0 aromatic carbocycles. The van der Waals surface area contributed by atoms with Gasteiger partial charge in [0.15, 0.2) is 5.13 Å². The highest BCUT2D eigenvalue weighted by Gasteiger charge is 2.46. The first kappa shape index (κ1) is 16.9. The van der Waals surface area contributed by atoms with Crippen LogP contribution in [0.25, 0.3) is 5.57 Å². The first-order valence-corrected chi connectivity index (χ1v) is 8.73. The van der Waals surface area contributed by atoms with E-state index in [1.165, 1.54) is 11.3 Å². The smallest absolute Gasteiger partial charge is 0.337 e. The van der Waals surface area contributed by atoms with Crippen LogP contribution in [0.1, 0.15) is 31.9 Å². The van der Waals surface area contributed by atoms with Gasteiger partial charge in [-0.3, -0.25) is 4.79 Å². The maximum Gasteiger partial charge on any atom is 0.337 e. The number of allylic oxidation sites excluding steroid dienone is 1. The third-order valence-electron chi connectivity index (χ3n) is 5.14. The Hall–Kier alpha value is -1.99. The molecule has 1 aromatic rings. The maximum atomic E-state index is 11.9. The summed E-state index contributed by atoms with van der Waals surface area (Å²) in [5, 5.41) is 14.3. The van der Waals surface area contributed by atoms with Crippen molar-refractivity contribution >= 4 is 34.4 Å². The van der Waals surface area contributed by atoms with Gasteiger partial charge in [-0.15, -0.1) is 11.3 Å². The molecule has 128 valence electrons. The quantitative estimate of drug-likeness (QED) is 0.469. The van der Waals surface area contributed by atoms with Gasteiger partial charge in [-0.1, -0.05) is 17.7 Å². The summed E-state index contributed by atoms with van der Waals surface area (Å²) >= 11 is 1.21. The zero-order valence-electron chi connectivity index (χ0n) is 13.6. The van der Waals surface area contributed by atoms with E-state index >= 15 is 0 Å². The Labute approximate surface area is 144 Å². The molecule has 6 nitrogen and oxygen atoms in total. The highest BCUT2D eigenvalue weighted by molar-refractivity contribution is 7.14. The Bertz CT molecular complexity index is 724. The van der Waals surface area contributed by atoms with Crippen LogP contribution in [0.3, 0.4) is 0 Å². The fourth-order valence-corrected chi connectivity index (χ4v) is 4.55. The predicted molar refractivity (Wildman–Crippen MR) is 91.7 cm³/mol. The zero-order chi connectivity index (χ0) is 17.3. The van der Waals surface area contributed by atoms with Crippen LogP contribution in [0, 0.1) is 11.8 Å². The van der Waals surface area contributed by atoms with E-state index in [0.717, 1.165) is 24.8 Å². The normalized spacial score (nSPS) is 29.2. The number of anilines is 1. The minimum atomic E-state index is -1.01. The lowest BCUT2D eigenvalue weighted by Crippen LogP contribution is -2.46. The molecular formula is C17H20N2O4S. The Morgan fingerprint density at radius 1 is 1.58 bits per heavy atom. The summed E-state index contributed by atoms with van der Waals surface area (Å²) in [4.78, 5) is 26.7. The van der Waals surface area contributed by atoms with Crippen LogP contribution in [0.4, 0.5) is 5.13 Å². The summed E-state index contributed by atoms with van der Waals surface area (Å²) in [6.07, 6.45) is 7.67. The number of thiazole rings is 1. The van der Waals surface area contributed by atoms with Crippen LogP contribution in [0.2, 0.25) is 0 Å². The third-order valence-corrected chi connectivity index (χ3v) is 5.91. The number of hydrogen-bond donors (Lipinski definition) is 2. The van der Waals surface area contributed by atoms with E-state index < -0.39 is 11.6 Å². The fourth-order valence-electron chi connectivity index (χ4n) is 3.89. The minimum Gasteiger partial charge on any atom is -0.478 e. The lowest BCUT2D eigenvalue weighted by atomic mass is 9.63. The lowest BCUT2D eigenvalue weighted by Gasteiger charge is -2.48. The molecule has 2 N–H and O–H groups in total. The van der Waals surface area contributed by atoms with Gasteiger partial charge in [-0.2, -0.15) is 0 Å². The number of hydrogen-bond acceptors (Lipinski definition) is 5. The standard InChI is InChI=1S/C17H20N2O4S/c1-10(12-7-11-3-5-17(12,23-2)6-4-11)14(15(21)22)13-8-24-16(19-13)18-9-20/h3,5,8-9,11-12H,4,6-7H2,1-2H3,(H,21,22)(H,18,19,20)/b14-10-. The van der Waals surface area contributed by atoms with E-state index in [0.29, 0.717) is 23.2 Å². The summed E-state index contributed by atoms with van der Waals surface area (Å²) in [5.74, 6) is -0.520. The average Bonchev–Trinajstić information content (AvgIpc) is 3.04. The SMILES string of the molecule is COC12C=CC(CC1)CC2/C(C)=C(\C(=O)O)c1csc(NC=O)n1. The van der Waals surface area contributed by atoms with Crippen molar-refractivity contribution < 1.29 is 19.4 Å². The largest absolute Gasteiger partial charge is 0.478 e. The highest BCUT2D eigenvalue weighted by atomic mass is 32.1. The summed E-state index contributed by atoms with van der Waals surface area (Å²) in [6.45, 7) is 1.86. The highest BCUT2D eigenvalue weighted by Crippen LogP contribution is 2.49. The Kier molecular flexibility index (Phi) is 4.56. The molecule has 1 fully saturated rings. The average molecular weight is 348 g/mol. The van der Waals surface area contributed by atoms with Gasteiger partial charge >= 0.3 is 5.97 Å². The number of rotatable bonds is 6. The molecular weight excluding hydrogens is 328 g/mol. The number of carbonyl (C=O) groups is 2. The second-order valence-electron chi connectivity index (χ2n) is 6.27. The molecule has 1 amide bonds. The Morgan fingerprint density at radius 3 is 2.96 bits per heavy atom. The van der Waals surface area contributed by atoms with E-state index in [9.17, 15) is 14.7 Å². The van der Waals surface area contributed by atoms with E-state index in [1.807, 2.05) is 6.92 Å². The fraction of sp³-hybridized carbons (Fsp3) is 0.471. The molecule has 7 heteroatoms. The molecule has 24 heavy (non-hydrogen) atoms. The van der Waals surface area contributed by atoms with Crippen molar-refractivity contribution in [3.63, 3.8) is 0 Å². The van der Waals surface area contributed by atoms with Crippen LogP contribution in [-0.4, -0.2) is 35.2 Å². The summed E-state index contributed by atoms with van der Waals surface area (Å²) < 4.78 is 5.82. The second kappa shape index (κ2) is 6.49. The van der Waals surface area contributed by atoms with Gasteiger partial charge in [0.25, 0.3) is 0 Å². The molecule has 0 saturated heterocycles. The topological polar surface area (TPSA) is 88.5 Å². The van der Waals surface area contributed by atoms with E-state index in [-0.39, 0.29) is 11.5 Å². The summed E-state index contributed by atoms with van der Waals surface area (Å²) in [6, 6.07) is 0. The van der Waals surface area contributed by atoms with Crippen molar-refractivity contribution in [1.29, 1.82) is 0 Å². The minimum absolute atomic E-state index is 0.0153. The molecule has 0 aliphatic heterocycles. The number of nitrogens with zero attached hydrogens (tertiary/aromatic N) is 1. The molecule has 1 aromatic heterocycles. The van der Waals surface area contributed by atoms with Crippen molar-refractivity contribution in [2.75, 3.05) is 12.4 Å². The number of fused-ring (bicyclic) bond motifs is 2. The number of ether oxygens (including phenoxy) is 1. The van der Waals surface area contributed by atoms with E-state index in [1.54, 1.807) is 12.5 Å². The van der Waals surface area contributed by atoms with E-state index in [2.05, 4.69) is 22.5 Å². The molecule has 3 aliphatic carbocycles. The monoisotopic (exact) mass is 348 g/mol. The van der Waals surface area contributed by atoms with Crippen molar-refractivity contribution in [2.45, 2.75) is 31.8 Å². The van der Waals surface area contributed by atoms with Gasteiger partial charge in [0.2, 0.25) is 6.41 Å². The van der Waals surface area contributed by atoms with Gasteiger partial charge in [0.05, 0.1) is 16.9 Å². The maximum absolute atomic E-state index is 11.9. The van der Waals surface area contributed by atoms with Crippen LogP contribution in [-0.2, 0) is 14.3 Å². The molecule has 4 rings (SSSR count). The number of aromatic nitrogens is 1. The number of carboxylic acids is 1. The van der Waals surface area contributed by atoms with Crippen LogP contribution in [0.5, 0.6) is 0 Å². The third kappa shape index (κ3) is 2.78. The molecule has 0 spiro atoms. The van der Waals surface area contributed by atoms with Crippen molar-refractivity contribution in [1.82, 2.24) is 4.98 Å². The van der Waals surface area contributed by atoms with Crippen LogP contribution < -0.4 is 5.32 Å². The Morgan fingerprint density at radius 2 is 2.38 bits per heavy atom. The van der Waals surface area contributed by atoms with Crippen LogP contribution in [0.15, 0.2) is 23.1 Å². The van der Waals surface area contributed by atoms with Gasteiger partial charge in [0, 0.05) is 18.4 Å². The molecule has 1 heterocycles. The molecule has 3 unspecified atom stereocenters. The van der Waals surface area contributed by atoms with Crippen molar-refractivity contribution in [3.8, 4) is 0 Å². The number of carboxylic acid groups (broad SMARTS) is 1. The van der Waals surface area contributed by atoms with Gasteiger partial charge < -0.3 is 15.2 Å². The van der Waals surface area contributed by atoms with Gasteiger partial charge in [-0.25, -0.2) is 9.78 Å². The van der Waals surface area contributed by atoms with E-state index in [4.69, 9.17) is 4.74 Å². The summed E-state index contributed by atoms with van der Waals surface area (Å²) in [7, 11) is 1.69. The van der Waals surface area contributed by atoms with Crippen molar-refractivity contribution in [2.24, 2.45) is 11.8 Å². The second-order valence-corrected chi connectivity index (χ2v) is 7.13. The number of carbonyl (C=O) groups excluding carboxylic acids is 1. The van der Waals surface area contributed by atoms with Crippen molar-refractivity contribution in [3.05, 3.63) is 28.8 Å². The van der Waals surface area contributed by atoms with Gasteiger partial charge in [-0.05, 0) is 32.1 Å². The molecule has 3 aliphatic rings. The van der Waals surface area contributed by atoms with Gasteiger partial charge in [0.1, 0.15) is 0 Å². The summed E-state index contributed by atoms with van der Waals surface area (Å²) in [5.41, 5.74) is 0.930. The number of methoxy groups -OCH3 is 1. The number of nitrogens with one attached hydrogen (secondary N) is 1. The number of aliphatic carboxylic acids is 1. The molecule has 3 atom stereocenters. The first-order valence-electron chi connectivity index (χ1n) is 7.85. The molecule has 1 saturated carbocycles. The zero-order valence-corrected chi connectivity index (χ0v) is 14.4. The van der Waals surface area contributed by atoms with Crippen LogP contribution >= 0.6 is 11.3 Å². The number of amides is 1. The predicted octanol–water partition coefficient (Wildman–Crippen LogP) is 2.94. The first-order chi connectivity index (χ1) is 11.5. The Balaban J connectivity index is 2.03. The molecule has 2 bridgehead atoms.